The fourth-order valence-electron chi connectivity index (χ4n) is 8.38. The number of furan rings is 1. The molecule has 0 spiro atoms. The molecule has 1 aliphatic carbocycles. The topological polar surface area (TPSA) is 16.4 Å². The standard InChI is InChI=1S/C53H39NOS/c1-35-32-42-12-5-6-13-45(42)47(33-35)40-20-18-36(19-21-40)37-22-27-43(28-23-37)54(49-15-9-17-51-53(49)46-14-7-8-16-50(46)55-51)44-29-24-38(25-30-44)41-26-31-52(56)48(34-41)39-10-3-2-4-11-39/h2-31,33-35,56H,32H2,1H3. The minimum Gasteiger partial charge on any atom is -0.456 e. The van der Waals surface area contributed by atoms with Crippen molar-refractivity contribution in [2.24, 2.45) is 5.92 Å². The Morgan fingerprint density at radius 1 is 0.500 bits per heavy atom. The number of para-hydroxylation sites is 1. The van der Waals surface area contributed by atoms with E-state index >= 15 is 0 Å². The van der Waals surface area contributed by atoms with E-state index in [1.165, 1.54) is 33.4 Å². The highest BCUT2D eigenvalue weighted by molar-refractivity contribution is 7.80. The van der Waals surface area contributed by atoms with Crippen molar-refractivity contribution >= 4 is 57.2 Å². The summed E-state index contributed by atoms with van der Waals surface area (Å²) in [5, 5.41) is 2.19. The Bertz CT molecular complexity index is 2890. The fraction of sp³-hybridized carbons (Fsp3) is 0.0566. The van der Waals surface area contributed by atoms with Gasteiger partial charge in [0.1, 0.15) is 11.2 Å². The molecule has 1 atom stereocenters. The minimum atomic E-state index is 0.518. The molecule has 0 aliphatic heterocycles. The first-order valence-electron chi connectivity index (χ1n) is 19.3. The smallest absolute Gasteiger partial charge is 0.137 e. The minimum absolute atomic E-state index is 0.518. The molecule has 0 saturated carbocycles. The number of hydrogen-bond donors (Lipinski definition) is 1. The maximum Gasteiger partial charge on any atom is 0.137 e. The van der Waals surface area contributed by atoms with Crippen molar-refractivity contribution in [3.8, 4) is 33.4 Å². The first kappa shape index (κ1) is 34.0. The first-order valence-corrected chi connectivity index (χ1v) is 19.7. The molecule has 1 aromatic heterocycles. The van der Waals surface area contributed by atoms with Crippen molar-refractivity contribution in [3.63, 3.8) is 0 Å². The Balaban J connectivity index is 1.02. The van der Waals surface area contributed by atoms with Crippen molar-refractivity contribution in [2.45, 2.75) is 18.2 Å². The van der Waals surface area contributed by atoms with Crippen LogP contribution in [-0.4, -0.2) is 0 Å². The molecule has 0 radical (unpaired) electrons. The average molecular weight is 738 g/mol. The lowest BCUT2D eigenvalue weighted by Crippen LogP contribution is -2.10. The predicted octanol–water partition coefficient (Wildman–Crippen LogP) is 15.0. The molecule has 10 rings (SSSR count). The number of rotatable bonds is 7. The van der Waals surface area contributed by atoms with Gasteiger partial charge >= 0.3 is 0 Å². The third kappa shape index (κ3) is 6.20. The molecule has 1 unspecified atom stereocenters. The number of nitrogens with zero attached hydrogens (tertiary/aromatic N) is 1. The van der Waals surface area contributed by atoms with Crippen LogP contribution in [0.25, 0.3) is 60.9 Å². The van der Waals surface area contributed by atoms with Crippen LogP contribution >= 0.6 is 12.6 Å². The maximum absolute atomic E-state index is 6.37. The number of hydrogen-bond acceptors (Lipinski definition) is 3. The lowest BCUT2D eigenvalue weighted by Gasteiger charge is -2.26. The Kier molecular flexibility index (Phi) is 8.65. The molecule has 56 heavy (non-hydrogen) atoms. The van der Waals surface area contributed by atoms with Crippen LogP contribution in [0.1, 0.15) is 23.6 Å². The first-order chi connectivity index (χ1) is 27.6. The van der Waals surface area contributed by atoms with Crippen molar-refractivity contribution in [1.82, 2.24) is 0 Å². The van der Waals surface area contributed by atoms with Gasteiger partial charge in [0, 0.05) is 21.7 Å². The zero-order valence-electron chi connectivity index (χ0n) is 31.1. The highest BCUT2D eigenvalue weighted by atomic mass is 32.1. The van der Waals surface area contributed by atoms with Gasteiger partial charge in [0.15, 0.2) is 0 Å². The Hall–Kier alpha value is -6.55. The zero-order chi connectivity index (χ0) is 37.6. The van der Waals surface area contributed by atoms with Gasteiger partial charge in [-0.1, -0.05) is 146 Å². The van der Waals surface area contributed by atoms with E-state index in [2.05, 4.69) is 188 Å². The summed E-state index contributed by atoms with van der Waals surface area (Å²) < 4.78 is 6.37. The number of benzene rings is 8. The molecule has 0 saturated heterocycles. The molecular weight excluding hydrogens is 699 g/mol. The third-order valence-electron chi connectivity index (χ3n) is 11.1. The normalized spacial score (nSPS) is 13.8. The molecule has 1 aliphatic rings. The molecule has 9 aromatic rings. The van der Waals surface area contributed by atoms with Gasteiger partial charge < -0.3 is 9.32 Å². The second kappa shape index (κ2) is 14.3. The van der Waals surface area contributed by atoms with Gasteiger partial charge in [0.2, 0.25) is 0 Å². The van der Waals surface area contributed by atoms with Gasteiger partial charge in [-0.05, 0) is 123 Å². The quantitative estimate of drug-likeness (QED) is 0.164. The largest absolute Gasteiger partial charge is 0.456 e. The molecule has 3 heteroatoms. The summed E-state index contributed by atoms with van der Waals surface area (Å²) in [6.07, 6.45) is 3.52. The van der Waals surface area contributed by atoms with Gasteiger partial charge in [-0.25, -0.2) is 0 Å². The second-order valence-electron chi connectivity index (χ2n) is 14.8. The van der Waals surface area contributed by atoms with E-state index in [9.17, 15) is 0 Å². The number of allylic oxidation sites excluding steroid dienone is 1. The number of thiol groups is 1. The van der Waals surface area contributed by atoms with Gasteiger partial charge in [-0.3, -0.25) is 0 Å². The Labute approximate surface area is 333 Å². The van der Waals surface area contributed by atoms with E-state index < -0.39 is 0 Å². The molecule has 2 nitrogen and oxygen atoms in total. The van der Waals surface area contributed by atoms with Crippen LogP contribution in [0.2, 0.25) is 0 Å². The van der Waals surface area contributed by atoms with Crippen LogP contribution in [0.4, 0.5) is 17.1 Å². The summed E-state index contributed by atoms with van der Waals surface area (Å²) in [6.45, 7) is 2.31. The Morgan fingerprint density at radius 2 is 1.09 bits per heavy atom. The molecule has 268 valence electrons. The van der Waals surface area contributed by atoms with E-state index in [4.69, 9.17) is 17.0 Å². The summed E-state index contributed by atoms with van der Waals surface area (Å²) in [4.78, 5) is 3.31. The lowest BCUT2D eigenvalue weighted by atomic mass is 9.82. The molecule has 8 aromatic carbocycles. The molecule has 1 heterocycles. The zero-order valence-corrected chi connectivity index (χ0v) is 32.0. The fourth-order valence-corrected chi connectivity index (χ4v) is 8.64. The SMILES string of the molecule is CC1C=C(c2ccc(-c3ccc(N(c4ccc(-c5ccc(S)c(-c6ccccc6)c5)cc4)c4cccc5oc6ccccc6c45)cc3)cc2)c2ccccc2C1. The summed E-state index contributed by atoms with van der Waals surface area (Å²) in [7, 11) is 0. The third-order valence-corrected chi connectivity index (χ3v) is 11.5. The monoisotopic (exact) mass is 737 g/mol. The van der Waals surface area contributed by atoms with Crippen molar-refractivity contribution in [1.29, 1.82) is 0 Å². The van der Waals surface area contributed by atoms with E-state index in [1.54, 1.807) is 0 Å². The molecule has 0 fully saturated rings. The molecular formula is C53H39NOS. The van der Waals surface area contributed by atoms with Crippen LogP contribution < -0.4 is 4.90 Å². The summed E-state index contributed by atoms with van der Waals surface area (Å²) in [5.74, 6) is 0.518. The van der Waals surface area contributed by atoms with E-state index in [1.807, 2.05) is 18.2 Å². The van der Waals surface area contributed by atoms with Crippen molar-refractivity contribution in [3.05, 3.63) is 211 Å². The van der Waals surface area contributed by atoms with Gasteiger partial charge in [0.25, 0.3) is 0 Å². The summed E-state index contributed by atoms with van der Waals surface area (Å²) in [6, 6.07) is 67.3. The molecule has 0 amide bonds. The lowest BCUT2D eigenvalue weighted by molar-refractivity contribution is 0.669. The van der Waals surface area contributed by atoms with Crippen molar-refractivity contribution in [2.75, 3.05) is 4.90 Å². The Morgan fingerprint density at radius 3 is 1.84 bits per heavy atom. The van der Waals surface area contributed by atoms with Gasteiger partial charge in [0.05, 0.1) is 11.1 Å². The van der Waals surface area contributed by atoms with E-state index in [-0.39, 0.29) is 0 Å². The number of fused-ring (bicyclic) bond motifs is 4. The number of anilines is 3. The highest BCUT2D eigenvalue weighted by Crippen LogP contribution is 2.44. The van der Waals surface area contributed by atoms with Crippen molar-refractivity contribution < 1.29 is 4.42 Å². The molecule has 0 bridgehead atoms. The van der Waals surface area contributed by atoms with Crippen LogP contribution in [0.3, 0.4) is 0 Å². The second-order valence-corrected chi connectivity index (χ2v) is 15.3. The van der Waals surface area contributed by atoms with Crippen LogP contribution in [0.15, 0.2) is 203 Å². The van der Waals surface area contributed by atoms with Crippen LogP contribution in [0.5, 0.6) is 0 Å². The molecule has 0 N–H and O–H groups in total. The van der Waals surface area contributed by atoms with Gasteiger partial charge in [-0.15, -0.1) is 12.6 Å². The summed E-state index contributed by atoms with van der Waals surface area (Å²) in [5.41, 5.74) is 17.3. The average Bonchev–Trinajstić information content (AvgIpc) is 3.64. The van der Waals surface area contributed by atoms with E-state index in [0.717, 1.165) is 72.6 Å². The highest BCUT2D eigenvalue weighted by Gasteiger charge is 2.21. The van der Waals surface area contributed by atoms with Gasteiger partial charge in [-0.2, -0.15) is 0 Å². The predicted molar refractivity (Wildman–Crippen MR) is 238 cm³/mol. The van der Waals surface area contributed by atoms with Crippen LogP contribution in [0, 0.1) is 5.92 Å². The summed E-state index contributed by atoms with van der Waals surface area (Å²) >= 11 is 4.79. The maximum atomic E-state index is 6.37. The van der Waals surface area contributed by atoms with E-state index in [0.29, 0.717) is 5.92 Å². The van der Waals surface area contributed by atoms with Crippen LogP contribution in [-0.2, 0) is 6.42 Å².